The van der Waals surface area contributed by atoms with E-state index in [9.17, 15) is 9.59 Å². The first-order chi connectivity index (χ1) is 17.1. The Balaban J connectivity index is 1.44. The molecule has 2 amide bonds. The van der Waals surface area contributed by atoms with E-state index >= 15 is 0 Å². The monoisotopic (exact) mass is 479 g/mol. The molecule has 2 heterocycles. The normalized spacial score (nSPS) is 16.2. The number of fused-ring (bicyclic) bond motifs is 1. The van der Waals surface area contributed by atoms with Crippen LogP contribution in [0, 0.1) is 0 Å². The van der Waals surface area contributed by atoms with Gasteiger partial charge < -0.3 is 19.7 Å². The number of ether oxygens (including phenoxy) is 2. The van der Waals surface area contributed by atoms with Crippen LogP contribution in [0.4, 0.5) is 5.69 Å². The fraction of sp³-hybridized carbons (Fsp3) is 0.500. The van der Waals surface area contributed by atoms with Gasteiger partial charge in [-0.15, -0.1) is 0 Å². The molecule has 7 heteroatoms. The van der Waals surface area contributed by atoms with E-state index < -0.39 is 0 Å². The van der Waals surface area contributed by atoms with Gasteiger partial charge >= 0.3 is 0 Å². The third-order valence-electron chi connectivity index (χ3n) is 6.84. The number of nitrogens with zero attached hydrogens (tertiary/aromatic N) is 2. The molecule has 0 radical (unpaired) electrons. The van der Waals surface area contributed by atoms with Gasteiger partial charge in [-0.05, 0) is 106 Å². The number of hydrogen-bond donors (Lipinski definition) is 1. The second-order valence-electron chi connectivity index (χ2n) is 9.33. The lowest BCUT2D eigenvalue weighted by Crippen LogP contribution is -2.35. The van der Waals surface area contributed by atoms with Gasteiger partial charge in [0.2, 0.25) is 5.91 Å². The van der Waals surface area contributed by atoms with Crippen molar-refractivity contribution in [2.24, 2.45) is 0 Å². The lowest BCUT2D eigenvalue weighted by Gasteiger charge is -2.26. The van der Waals surface area contributed by atoms with Gasteiger partial charge in [0.15, 0.2) is 0 Å². The summed E-state index contributed by atoms with van der Waals surface area (Å²) in [5, 5.41) is 3.39. The van der Waals surface area contributed by atoms with Gasteiger partial charge in [-0.1, -0.05) is 6.42 Å². The molecule has 2 aromatic rings. The van der Waals surface area contributed by atoms with Gasteiger partial charge in [-0.25, -0.2) is 4.90 Å². The number of anilines is 1. The second-order valence-corrected chi connectivity index (χ2v) is 9.33. The average Bonchev–Trinajstić information content (AvgIpc) is 3.12. The molecule has 2 aromatic carbocycles. The predicted molar refractivity (Wildman–Crippen MR) is 138 cm³/mol. The Kier molecular flexibility index (Phi) is 8.77. The predicted octanol–water partition coefficient (Wildman–Crippen LogP) is 3.83. The van der Waals surface area contributed by atoms with Gasteiger partial charge in [0, 0.05) is 19.0 Å². The van der Waals surface area contributed by atoms with E-state index in [0.717, 1.165) is 50.2 Å². The lowest BCUT2D eigenvalue weighted by atomic mass is 10.0. The maximum atomic E-state index is 13.4. The van der Waals surface area contributed by atoms with Crippen LogP contribution in [0.15, 0.2) is 36.4 Å². The van der Waals surface area contributed by atoms with Crippen molar-refractivity contribution in [1.29, 1.82) is 0 Å². The van der Waals surface area contributed by atoms with Crippen LogP contribution in [-0.4, -0.2) is 63.2 Å². The topological polar surface area (TPSA) is 71.1 Å². The van der Waals surface area contributed by atoms with Gasteiger partial charge in [0.25, 0.3) is 5.91 Å². The van der Waals surface area contributed by atoms with Crippen LogP contribution < -0.4 is 19.7 Å². The molecule has 7 nitrogen and oxygen atoms in total. The average molecular weight is 480 g/mol. The lowest BCUT2D eigenvalue weighted by molar-refractivity contribution is -0.116. The van der Waals surface area contributed by atoms with E-state index in [4.69, 9.17) is 9.47 Å². The van der Waals surface area contributed by atoms with Crippen molar-refractivity contribution in [3.8, 4) is 11.5 Å². The van der Waals surface area contributed by atoms with E-state index in [1.807, 2.05) is 12.1 Å². The van der Waals surface area contributed by atoms with Crippen molar-refractivity contribution >= 4 is 17.5 Å². The van der Waals surface area contributed by atoms with Crippen molar-refractivity contribution in [3.05, 3.63) is 53.1 Å². The fourth-order valence-corrected chi connectivity index (χ4v) is 4.93. The smallest absolute Gasteiger partial charge is 0.265 e. The molecule has 188 valence electrons. The largest absolute Gasteiger partial charge is 0.495 e. The molecular weight excluding hydrogens is 442 g/mol. The van der Waals surface area contributed by atoms with Crippen LogP contribution in [-0.2, 0) is 17.6 Å². The Bertz CT molecular complexity index is 1020. The van der Waals surface area contributed by atoms with E-state index in [-0.39, 0.29) is 11.8 Å². The van der Waals surface area contributed by atoms with Gasteiger partial charge in [-0.3, -0.25) is 9.59 Å². The number of benzene rings is 2. The molecular formula is C28H37N3O4. The zero-order chi connectivity index (χ0) is 24.6. The van der Waals surface area contributed by atoms with Crippen molar-refractivity contribution in [2.45, 2.75) is 45.4 Å². The maximum Gasteiger partial charge on any atom is 0.265 e. The number of imide groups is 1. The molecule has 2 aliphatic rings. The first-order valence-corrected chi connectivity index (χ1v) is 12.8. The highest BCUT2D eigenvalue weighted by atomic mass is 16.5. The number of carbonyl (C=O) groups is 2. The van der Waals surface area contributed by atoms with E-state index in [1.54, 1.807) is 31.4 Å². The van der Waals surface area contributed by atoms with Crippen molar-refractivity contribution in [2.75, 3.05) is 51.3 Å². The van der Waals surface area contributed by atoms with E-state index in [2.05, 4.69) is 10.2 Å². The number of likely N-dealkylation sites (tertiary alicyclic amines) is 1. The van der Waals surface area contributed by atoms with Crippen LogP contribution >= 0.6 is 0 Å². The molecule has 0 bridgehead atoms. The Morgan fingerprint density at radius 1 is 1.00 bits per heavy atom. The number of hydrogen-bond acceptors (Lipinski definition) is 6. The fourth-order valence-electron chi connectivity index (χ4n) is 4.93. The molecule has 0 saturated carbocycles. The molecule has 0 unspecified atom stereocenters. The minimum Gasteiger partial charge on any atom is -0.495 e. The van der Waals surface area contributed by atoms with Crippen LogP contribution in [0.3, 0.4) is 0 Å². The molecule has 1 saturated heterocycles. The first kappa shape index (κ1) is 25.2. The third-order valence-corrected chi connectivity index (χ3v) is 6.84. The SMILES string of the molecule is COc1cc2c(cc1N(C(C)=O)C(=O)c1ccc(OCCCN3CCCCC3)cc1)CCNCC2. The second kappa shape index (κ2) is 12.2. The van der Waals surface area contributed by atoms with Crippen molar-refractivity contribution < 1.29 is 19.1 Å². The van der Waals surface area contributed by atoms with Gasteiger partial charge in [-0.2, -0.15) is 0 Å². The summed E-state index contributed by atoms with van der Waals surface area (Å²) in [6, 6.07) is 10.9. The molecule has 1 N–H and O–H groups in total. The summed E-state index contributed by atoms with van der Waals surface area (Å²) >= 11 is 0. The molecule has 0 spiro atoms. The standard InChI is InChI=1S/C28H37N3O4/c1-21(32)31(26-19-23-11-13-29-14-12-24(23)20-27(26)34-2)28(33)22-7-9-25(10-8-22)35-18-6-17-30-15-4-3-5-16-30/h7-10,19-20,29H,3-6,11-18H2,1-2H3. The molecule has 4 rings (SSSR count). The molecule has 0 atom stereocenters. The molecule has 2 aliphatic heterocycles. The number of carbonyl (C=O) groups excluding carboxylic acids is 2. The van der Waals surface area contributed by atoms with Gasteiger partial charge in [0.05, 0.1) is 19.4 Å². The van der Waals surface area contributed by atoms with E-state index in [0.29, 0.717) is 23.6 Å². The number of nitrogens with one attached hydrogen (secondary N) is 1. The summed E-state index contributed by atoms with van der Waals surface area (Å²) in [4.78, 5) is 29.8. The molecule has 0 aromatic heterocycles. The summed E-state index contributed by atoms with van der Waals surface area (Å²) < 4.78 is 11.5. The first-order valence-electron chi connectivity index (χ1n) is 12.8. The zero-order valence-electron chi connectivity index (χ0n) is 21.0. The van der Waals surface area contributed by atoms with Crippen LogP contribution in [0.2, 0.25) is 0 Å². The molecule has 0 aliphatic carbocycles. The van der Waals surface area contributed by atoms with Crippen LogP contribution in [0.1, 0.15) is 54.1 Å². The highest BCUT2D eigenvalue weighted by molar-refractivity contribution is 6.21. The zero-order valence-corrected chi connectivity index (χ0v) is 21.0. The summed E-state index contributed by atoms with van der Waals surface area (Å²) in [6.45, 7) is 7.26. The minimum absolute atomic E-state index is 0.349. The Morgan fingerprint density at radius 2 is 1.69 bits per heavy atom. The minimum atomic E-state index is -0.376. The third kappa shape index (κ3) is 6.41. The quantitative estimate of drug-likeness (QED) is 0.581. The van der Waals surface area contributed by atoms with Crippen LogP contribution in [0.25, 0.3) is 0 Å². The van der Waals surface area contributed by atoms with Crippen molar-refractivity contribution in [1.82, 2.24) is 10.2 Å². The van der Waals surface area contributed by atoms with Gasteiger partial charge in [0.1, 0.15) is 11.5 Å². The van der Waals surface area contributed by atoms with Crippen LogP contribution in [0.5, 0.6) is 11.5 Å². The summed E-state index contributed by atoms with van der Waals surface area (Å²) in [7, 11) is 1.57. The number of methoxy groups -OCH3 is 1. The highest BCUT2D eigenvalue weighted by Crippen LogP contribution is 2.34. The number of rotatable bonds is 8. The number of piperidine rings is 1. The molecule has 35 heavy (non-hydrogen) atoms. The Hall–Kier alpha value is -2.90. The maximum absolute atomic E-state index is 13.4. The summed E-state index contributed by atoms with van der Waals surface area (Å²) in [5.41, 5.74) is 3.25. The summed E-state index contributed by atoms with van der Waals surface area (Å²) in [5.74, 6) is 0.532. The summed E-state index contributed by atoms with van der Waals surface area (Å²) in [6.07, 6.45) is 6.64. The molecule has 1 fully saturated rings. The van der Waals surface area contributed by atoms with E-state index in [1.165, 1.54) is 49.7 Å². The number of amides is 2. The Labute approximate surface area is 208 Å². The highest BCUT2D eigenvalue weighted by Gasteiger charge is 2.26. The van der Waals surface area contributed by atoms with Crippen molar-refractivity contribution in [3.63, 3.8) is 0 Å². The Morgan fingerprint density at radius 3 is 2.34 bits per heavy atom.